The number of anilines is 1. The van der Waals surface area contributed by atoms with Crippen LogP contribution in [0.2, 0.25) is 0 Å². The molecule has 3 heteroatoms. The van der Waals surface area contributed by atoms with Crippen molar-refractivity contribution in [3.8, 4) is 16.9 Å². The summed E-state index contributed by atoms with van der Waals surface area (Å²) in [6.07, 6.45) is 0. The lowest BCUT2D eigenvalue weighted by molar-refractivity contribution is 0.415. The Bertz CT molecular complexity index is 511. The van der Waals surface area contributed by atoms with Gasteiger partial charge in [-0.05, 0) is 23.8 Å². The fraction of sp³-hybridized carbons (Fsp3) is 0.0769. The Balaban J connectivity index is 2.54. The maximum absolute atomic E-state index is 13.3. The average molecular weight is 217 g/mol. The van der Waals surface area contributed by atoms with E-state index in [0.29, 0.717) is 5.56 Å². The van der Waals surface area contributed by atoms with Gasteiger partial charge >= 0.3 is 0 Å². The van der Waals surface area contributed by atoms with Gasteiger partial charge in [-0.25, -0.2) is 4.39 Å². The summed E-state index contributed by atoms with van der Waals surface area (Å²) in [5.41, 5.74) is 7.38. The molecule has 0 fully saturated rings. The number of methoxy groups -OCH3 is 1. The van der Waals surface area contributed by atoms with E-state index in [1.165, 1.54) is 6.07 Å². The van der Waals surface area contributed by atoms with Gasteiger partial charge in [0.1, 0.15) is 11.6 Å². The van der Waals surface area contributed by atoms with Gasteiger partial charge in [0, 0.05) is 5.56 Å². The van der Waals surface area contributed by atoms with Gasteiger partial charge in [0.15, 0.2) is 0 Å². The minimum Gasteiger partial charge on any atom is -0.497 e. The highest BCUT2D eigenvalue weighted by Gasteiger charge is 2.06. The number of para-hydroxylation sites is 1. The molecule has 2 N–H and O–H groups in total. The third kappa shape index (κ3) is 1.84. The van der Waals surface area contributed by atoms with E-state index < -0.39 is 5.82 Å². The number of hydrogen-bond acceptors (Lipinski definition) is 2. The lowest BCUT2D eigenvalue weighted by atomic mass is 10.0. The highest BCUT2D eigenvalue weighted by Crippen LogP contribution is 2.29. The Hall–Kier alpha value is -2.03. The number of ether oxygens (including phenoxy) is 1. The van der Waals surface area contributed by atoms with Gasteiger partial charge in [-0.1, -0.05) is 24.3 Å². The van der Waals surface area contributed by atoms with Gasteiger partial charge in [-0.3, -0.25) is 0 Å². The zero-order valence-electron chi connectivity index (χ0n) is 8.91. The van der Waals surface area contributed by atoms with Crippen molar-refractivity contribution in [2.24, 2.45) is 0 Å². The number of rotatable bonds is 2. The van der Waals surface area contributed by atoms with Crippen LogP contribution in [0.25, 0.3) is 11.1 Å². The second-order valence-corrected chi connectivity index (χ2v) is 3.43. The Morgan fingerprint density at radius 1 is 1.12 bits per heavy atom. The zero-order valence-corrected chi connectivity index (χ0v) is 8.91. The number of benzene rings is 2. The number of halogens is 1. The van der Waals surface area contributed by atoms with Crippen molar-refractivity contribution < 1.29 is 9.13 Å². The molecule has 0 saturated carbocycles. The maximum atomic E-state index is 13.3. The molecule has 0 aliphatic rings. The molecule has 0 atom stereocenters. The van der Waals surface area contributed by atoms with E-state index in [4.69, 9.17) is 10.5 Å². The van der Waals surface area contributed by atoms with Crippen LogP contribution in [0.3, 0.4) is 0 Å². The predicted molar refractivity (Wildman–Crippen MR) is 62.8 cm³/mol. The van der Waals surface area contributed by atoms with Gasteiger partial charge in [-0.15, -0.1) is 0 Å². The molecule has 16 heavy (non-hydrogen) atoms. The third-order valence-corrected chi connectivity index (χ3v) is 2.43. The summed E-state index contributed by atoms with van der Waals surface area (Å²) in [6, 6.07) is 12.1. The first-order valence-electron chi connectivity index (χ1n) is 4.91. The van der Waals surface area contributed by atoms with Gasteiger partial charge in [0.2, 0.25) is 0 Å². The van der Waals surface area contributed by atoms with Gasteiger partial charge in [-0.2, -0.15) is 0 Å². The van der Waals surface area contributed by atoms with E-state index in [0.717, 1.165) is 11.3 Å². The average Bonchev–Trinajstić information content (AvgIpc) is 2.33. The van der Waals surface area contributed by atoms with Crippen LogP contribution in [0.1, 0.15) is 0 Å². The van der Waals surface area contributed by atoms with E-state index in [9.17, 15) is 4.39 Å². The number of nitrogen functional groups attached to an aromatic ring is 1. The van der Waals surface area contributed by atoms with Crippen LogP contribution in [0.5, 0.6) is 5.75 Å². The van der Waals surface area contributed by atoms with Crippen LogP contribution in [0.4, 0.5) is 10.1 Å². The molecule has 2 aromatic carbocycles. The summed E-state index contributed by atoms with van der Waals surface area (Å²) in [5.74, 6) is 0.321. The molecule has 0 bridgehead atoms. The SMILES string of the molecule is COc1cccc(-c2cccc(F)c2N)c1. The van der Waals surface area contributed by atoms with Crippen LogP contribution in [0.15, 0.2) is 42.5 Å². The molecule has 0 aromatic heterocycles. The first kappa shape index (κ1) is 10.5. The molecular formula is C13H12FNO. The topological polar surface area (TPSA) is 35.2 Å². The minimum atomic E-state index is -0.402. The molecule has 2 aromatic rings. The first-order valence-corrected chi connectivity index (χ1v) is 4.91. The van der Waals surface area contributed by atoms with E-state index in [1.54, 1.807) is 19.2 Å². The van der Waals surface area contributed by atoms with Crippen molar-refractivity contribution in [2.75, 3.05) is 12.8 Å². The van der Waals surface area contributed by atoms with Gasteiger partial charge < -0.3 is 10.5 Å². The molecule has 0 saturated heterocycles. The van der Waals surface area contributed by atoms with Crippen LogP contribution in [-0.2, 0) is 0 Å². The second kappa shape index (κ2) is 4.23. The van der Waals surface area contributed by atoms with E-state index >= 15 is 0 Å². The highest BCUT2D eigenvalue weighted by molar-refractivity contribution is 5.77. The molecule has 0 aliphatic heterocycles. The van der Waals surface area contributed by atoms with Gasteiger partial charge in [0.25, 0.3) is 0 Å². The summed E-state index contributed by atoms with van der Waals surface area (Å²) < 4.78 is 18.4. The maximum Gasteiger partial charge on any atom is 0.146 e. The first-order chi connectivity index (χ1) is 7.72. The summed E-state index contributed by atoms with van der Waals surface area (Å²) in [5, 5.41) is 0. The van der Waals surface area contributed by atoms with Gasteiger partial charge in [0.05, 0.1) is 12.8 Å². The number of nitrogens with two attached hydrogens (primary N) is 1. The minimum absolute atomic E-state index is 0.163. The van der Waals surface area contributed by atoms with Crippen molar-refractivity contribution >= 4 is 5.69 Å². The molecule has 2 rings (SSSR count). The Labute approximate surface area is 93.5 Å². The Morgan fingerprint density at radius 2 is 1.88 bits per heavy atom. The molecular weight excluding hydrogens is 205 g/mol. The van der Waals surface area contributed by atoms with Crippen molar-refractivity contribution in [3.63, 3.8) is 0 Å². The molecule has 0 heterocycles. The van der Waals surface area contributed by atoms with Crippen molar-refractivity contribution in [1.29, 1.82) is 0 Å². The second-order valence-electron chi connectivity index (χ2n) is 3.43. The van der Waals surface area contributed by atoms with Crippen LogP contribution in [-0.4, -0.2) is 7.11 Å². The largest absolute Gasteiger partial charge is 0.497 e. The molecule has 0 aliphatic carbocycles. The van der Waals surface area contributed by atoms with Crippen molar-refractivity contribution in [1.82, 2.24) is 0 Å². The molecule has 0 amide bonds. The van der Waals surface area contributed by atoms with Crippen molar-refractivity contribution in [3.05, 3.63) is 48.3 Å². The monoisotopic (exact) mass is 217 g/mol. The molecule has 82 valence electrons. The van der Waals surface area contributed by atoms with Crippen LogP contribution >= 0.6 is 0 Å². The Morgan fingerprint density at radius 3 is 2.62 bits per heavy atom. The highest BCUT2D eigenvalue weighted by atomic mass is 19.1. The lowest BCUT2D eigenvalue weighted by Crippen LogP contribution is -1.94. The van der Waals surface area contributed by atoms with Crippen LogP contribution in [0, 0.1) is 5.82 Å². The molecule has 2 nitrogen and oxygen atoms in total. The quantitative estimate of drug-likeness (QED) is 0.784. The summed E-state index contributed by atoms with van der Waals surface area (Å²) >= 11 is 0. The molecule has 0 spiro atoms. The zero-order chi connectivity index (χ0) is 11.5. The molecule has 0 radical (unpaired) electrons. The van der Waals surface area contributed by atoms with Crippen LogP contribution < -0.4 is 10.5 Å². The predicted octanol–water partition coefficient (Wildman–Crippen LogP) is 3.08. The third-order valence-electron chi connectivity index (χ3n) is 2.43. The summed E-state index contributed by atoms with van der Waals surface area (Å²) in [4.78, 5) is 0. The van der Waals surface area contributed by atoms with E-state index in [-0.39, 0.29) is 5.69 Å². The fourth-order valence-electron chi connectivity index (χ4n) is 1.58. The molecule has 0 unspecified atom stereocenters. The smallest absolute Gasteiger partial charge is 0.146 e. The Kier molecular flexibility index (Phi) is 2.77. The standard InChI is InChI=1S/C13H12FNO/c1-16-10-5-2-4-9(8-10)11-6-3-7-12(14)13(11)15/h2-8H,15H2,1H3. The normalized spacial score (nSPS) is 10.1. The van der Waals surface area contributed by atoms with E-state index in [1.807, 2.05) is 24.3 Å². The number of hydrogen-bond donors (Lipinski definition) is 1. The summed E-state index contributed by atoms with van der Waals surface area (Å²) in [7, 11) is 1.59. The van der Waals surface area contributed by atoms with E-state index in [2.05, 4.69) is 0 Å². The summed E-state index contributed by atoms with van der Waals surface area (Å²) in [6.45, 7) is 0. The van der Waals surface area contributed by atoms with Crippen molar-refractivity contribution in [2.45, 2.75) is 0 Å². The fourth-order valence-corrected chi connectivity index (χ4v) is 1.58. The lowest BCUT2D eigenvalue weighted by Gasteiger charge is -2.08.